The summed E-state index contributed by atoms with van der Waals surface area (Å²) < 4.78 is 0. The summed E-state index contributed by atoms with van der Waals surface area (Å²) in [5.74, 6) is 0.951. The van der Waals surface area contributed by atoms with Gasteiger partial charge in [-0.3, -0.25) is 9.59 Å². The van der Waals surface area contributed by atoms with Crippen molar-refractivity contribution in [1.29, 1.82) is 0 Å². The summed E-state index contributed by atoms with van der Waals surface area (Å²) in [5, 5.41) is 2.68. The number of hydrogen-bond donors (Lipinski definition) is 2. The van der Waals surface area contributed by atoms with Crippen molar-refractivity contribution in [3.63, 3.8) is 0 Å². The zero-order valence-electron chi connectivity index (χ0n) is 13.3. The summed E-state index contributed by atoms with van der Waals surface area (Å²) in [5.41, 5.74) is 6.21. The van der Waals surface area contributed by atoms with Crippen molar-refractivity contribution in [2.75, 3.05) is 14.1 Å². The van der Waals surface area contributed by atoms with Gasteiger partial charge in [0, 0.05) is 26.6 Å². The molecule has 0 unspecified atom stereocenters. The molecule has 2 aliphatic rings. The van der Waals surface area contributed by atoms with Gasteiger partial charge in [0.2, 0.25) is 11.8 Å². The van der Waals surface area contributed by atoms with Crippen LogP contribution in [0.4, 0.5) is 0 Å². The lowest BCUT2D eigenvalue weighted by molar-refractivity contribution is -0.136. The molecule has 2 rings (SSSR count). The smallest absolute Gasteiger partial charge is 0.239 e. The molecular formula is C16H29N3O2. The quantitative estimate of drug-likeness (QED) is 0.802. The zero-order chi connectivity index (χ0) is 15.4. The van der Waals surface area contributed by atoms with Crippen molar-refractivity contribution in [1.82, 2.24) is 10.2 Å². The van der Waals surface area contributed by atoms with Crippen LogP contribution in [0.15, 0.2) is 0 Å². The first-order valence-corrected chi connectivity index (χ1v) is 8.25. The van der Waals surface area contributed by atoms with E-state index in [2.05, 4.69) is 5.32 Å². The van der Waals surface area contributed by atoms with E-state index >= 15 is 0 Å². The first kappa shape index (κ1) is 16.3. The van der Waals surface area contributed by atoms with E-state index in [1.807, 2.05) is 11.9 Å². The third kappa shape index (κ3) is 3.96. The van der Waals surface area contributed by atoms with Gasteiger partial charge in [-0.25, -0.2) is 0 Å². The molecule has 0 aromatic rings. The fourth-order valence-electron chi connectivity index (χ4n) is 3.51. The highest BCUT2D eigenvalue weighted by molar-refractivity contribution is 5.82. The van der Waals surface area contributed by atoms with Gasteiger partial charge in [-0.1, -0.05) is 0 Å². The van der Waals surface area contributed by atoms with E-state index < -0.39 is 0 Å². The first-order chi connectivity index (χ1) is 10.0. The maximum atomic E-state index is 12.4. The Kier molecular flexibility index (Phi) is 5.62. The van der Waals surface area contributed by atoms with Gasteiger partial charge < -0.3 is 16.0 Å². The Labute approximate surface area is 127 Å². The molecule has 0 aromatic heterocycles. The van der Waals surface area contributed by atoms with Gasteiger partial charge in [0.1, 0.15) is 0 Å². The molecule has 2 amide bonds. The molecule has 2 aliphatic carbocycles. The highest BCUT2D eigenvalue weighted by atomic mass is 16.2. The maximum Gasteiger partial charge on any atom is 0.239 e. The van der Waals surface area contributed by atoms with Crippen molar-refractivity contribution in [3.05, 3.63) is 0 Å². The molecule has 1 atom stereocenters. The van der Waals surface area contributed by atoms with E-state index in [0.717, 1.165) is 38.5 Å². The number of nitrogens with two attached hydrogens (primary N) is 1. The third-order valence-corrected chi connectivity index (χ3v) is 5.41. The Morgan fingerprint density at radius 1 is 1.19 bits per heavy atom. The fraction of sp³-hybridized carbons (Fsp3) is 0.875. The van der Waals surface area contributed by atoms with Crippen LogP contribution in [0.3, 0.4) is 0 Å². The fourth-order valence-corrected chi connectivity index (χ4v) is 3.51. The number of amides is 2. The molecule has 5 nitrogen and oxygen atoms in total. The van der Waals surface area contributed by atoms with Gasteiger partial charge in [0.15, 0.2) is 0 Å². The van der Waals surface area contributed by atoms with Gasteiger partial charge in [-0.2, -0.15) is 0 Å². The van der Waals surface area contributed by atoms with E-state index in [9.17, 15) is 9.59 Å². The Morgan fingerprint density at radius 2 is 1.81 bits per heavy atom. The van der Waals surface area contributed by atoms with Gasteiger partial charge in [0.25, 0.3) is 0 Å². The van der Waals surface area contributed by atoms with Crippen molar-refractivity contribution in [3.8, 4) is 0 Å². The first-order valence-electron chi connectivity index (χ1n) is 8.25. The van der Waals surface area contributed by atoms with Crippen molar-refractivity contribution in [2.24, 2.45) is 17.6 Å². The van der Waals surface area contributed by atoms with E-state index in [4.69, 9.17) is 5.73 Å². The number of nitrogens with zero attached hydrogens (tertiary/aromatic N) is 1. The lowest BCUT2D eigenvalue weighted by Crippen LogP contribution is -2.52. The van der Waals surface area contributed by atoms with Crippen LogP contribution < -0.4 is 11.1 Å². The normalized spacial score (nSPS) is 27.6. The van der Waals surface area contributed by atoms with E-state index in [0.29, 0.717) is 18.4 Å². The molecule has 0 aromatic carbocycles. The molecule has 120 valence electrons. The van der Waals surface area contributed by atoms with Crippen LogP contribution in [0.1, 0.15) is 51.4 Å². The number of hydrogen-bond acceptors (Lipinski definition) is 3. The summed E-state index contributed by atoms with van der Waals surface area (Å²) in [6.07, 6.45) is 8.01. The van der Waals surface area contributed by atoms with Gasteiger partial charge in [-0.15, -0.1) is 0 Å². The maximum absolute atomic E-state index is 12.4. The SMILES string of the molecule is CNC(=O)CC1CCC([C@H](N)C(=O)N(C)C2CCC2)CC1. The zero-order valence-corrected chi connectivity index (χ0v) is 13.3. The van der Waals surface area contributed by atoms with Crippen LogP contribution in [-0.4, -0.2) is 42.9 Å². The molecule has 5 heteroatoms. The number of rotatable bonds is 5. The third-order valence-electron chi connectivity index (χ3n) is 5.41. The molecule has 0 heterocycles. The topological polar surface area (TPSA) is 75.4 Å². The predicted molar refractivity (Wildman–Crippen MR) is 82.5 cm³/mol. The van der Waals surface area contributed by atoms with E-state index in [1.54, 1.807) is 7.05 Å². The Balaban J connectivity index is 1.78. The summed E-state index contributed by atoms with van der Waals surface area (Å²) in [6.45, 7) is 0. The Hall–Kier alpha value is -1.10. The van der Waals surface area contributed by atoms with Gasteiger partial charge in [0.05, 0.1) is 6.04 Å². The standard InChI is InChI=1S/C16H29N3O2/c1-18-14(20)10-11-6-8-12(9-7-11)15(17)16(21)19(2)13-4-3-5-13/h11-13,15H,3-10,17H2,1-2H3,(H,18,20)/t11?,12?,15-/m0/s1. The highest BCUT2D eigenvalue weighted by Gasteiger charge is 2.34. The monoisotopic (exact) mass is 295 g/mol. The van der Waals surface area contributed by atoms with Crippen LogP contribution in [0.2, 0.25) is 0 Å². The van der Waals surface area contributed by atoms with Crippen LogP contribution in [0.5, 0.6) is 0 Å². The average Bonchev–Trinajstić information content (AvgIpc) is 2.44. The molecule has 0 saturated heterocycles. The lowest BCUT2D eigenvalue weighted by atomic mass is 9.77. The molecule has 2 saturated carbocycles. The van der Waals surface area contributed by atoms with E-state index in [1.165, 1.54) is 6.42 Å². The Morgan fingerprint density at radius 3 is 2.29 bits per heavy atom. The molecule has 21 heavy (non-hydrogen) atoms. The second-order valence-electron chi connectivity index (χ2n) is 6.72. The molecule has 0 spiro atoms. The van der Waals surface area contributed by atoms with Crippen LogP contribution >= 0.6 is 0 Å². The van der Waals surface area contributed by atoms with Crippen molar-refractivity contribution in [2.45, 2.75) is 63.5 Å². The van der Waals surface area contributed by atoms with Crippen LogP contribution in [0, 0.1) is 11.8 Å². The molecule has 0 radical (unpaired) electrons. The van der Waals surface area contributed by atoms with Crippen LogP contribution in [-0.2, 0) is 9.59 Å². The summed E-state index contributed by atoms with van der Waals surface area (Å²) in [4.78, 5) is 25.7. The lowest BCUT2D eigenvalue weighted by Gasteiger charge is -2.38. The highest BCUT2D eigenvalue weighted by Crippen LogP contribution is 2.33. The summed E-state index contributed by atoms with van der Waals surface area (Å²) in [6, 6.07) is 0.0460. The Bertz CT molecular complexity index is 374. The molecule has 0 bridgehead atoms. The predicted octanol–water partition coefficient (Wildman–Crippen LogP) is 1.27. The molecule has 2 fully saturated rings. The largest absolute Gasteiger partial charge is 0.359 e. The number of carbonyl (C=O) groups excluding carboxylic acids is 2. The number of carbonyl (C=O) groups is 2. The molecule has 0 aliphatic heterocycles. The molecular weight excluding hydrogens is 266 g/mol. The average molecular weight is 295 g/mol. The minimum Gasteiger partial charge on any atom is -0.359 e. The van der Waals surface area contributed by atoms with E-state index in [-0.39, 0.29) is 23.8 Å². The minimum absolute atomic E-state index is 0.106. The molecule has 3 N–H and O–H groups in total. The number of nitrogens with one attached hydrogen (secondary N) is 1. The van der Waals surface area contributed by atoms with Gasteiger partial charge in [-0.05, 0) is 56.8 Å². The number of likely N-dealkylation sites (N-methyl/N-ethyl adjacent to an activating group) is 1. The minimum atomic E-state index is -0.364. The second-order valence-corrected chi connectivity index (χ2v) is 6.72. The summed E-state index contributed by atoms with van der Waals surface area (Å²) >= 11 is 0. The van der Waals surface area contributed by atoms with Crippen molar-refractivity contribution >= 4 is 11.8 Å². The summed E-state index contributed by atoms with van der Waals surface area (Å²) in [7, 11) is 3.57. The van der Waals surface area contributed by atoms with Crippen LogP contribution in [0.25, 0.3) is 0 Å². The second kappa shape index (κ2) is 7.25. The van der Waals surface area contributed by atoms with Gasteiger partial charge >= 0.3 is 0 Å². The van der Waals surface area contributed by atoms with Crippen molar-refractivity contribution < 1.29 is 9.59 Å².